The van der Waals surface area contributed by atoms with Gasteiger partial charge in [0.15, 0.2) is 6.10 Å². The molecule has 10 heavy (non-hydrogen) atoms. The van der Waals surface area contributed by atoms with E-state index >= 15 is 0 Å². The number of rotatable bonds is 1. The zero-order chi connectivity index (χ0) is 7.72. The van der Waals surface area contributed by atoms with Crippen molar-refractivity contribution < 1.29 is 20.1 Å². The topological polar surface area (TPSA) is 89.8 Å². The normalized spacial score (nSPS) is 39.9. The average Bonchev–Trinajstić information content (AvgIpc) is 2.17. The molecule has 1 amide bonds. The van der Waals surface area contributed by atoms with Gasteiger partial charge in [-0.3, -0.25) is 4.79 Å². The highest BCUT2D eigenvalue weighted by Gasteiger charge is 2.39. The number of carbonyl (C=O) groups excluding carboxylic acids is 1. The second kappa shape index (κ2) is 2.53. The molecule has 5 nitrogen and oxygen atoms in total. The summed E-state index contributed by atoms with van der Waals surface area (Å²) in [4.78, 5) is 10.5. The monoisotopic (exact) mass is 147 g/mol. The first-order valence-electron chi connectivity index (χ1n) is 2.94. The molecule has 0 saturated carbocycles. The Bertz CT molecular complexity index is 149. The lowest BCUT2D eigenvalue weighted by atomic mass is 10.1. The number of aliphatic hydroxyl groups is 3. The number of nitrogens with one attached hydrogen (secondary N) is 1. The van der Waals surface area contributed by atoms with Gasteiger partial charge in [0.25, 0.3) is 5.91 Å². The smallest absolute Gasteiger partial charge is 0.252 e. The molecule has 1 heterocycles. The summed E-state index contributed by atoms with van der Waals surface area (Å²) in [7, 11) is 0. The number of amides is 1. The van der Waals surface area contributed by atoms with Crippen molar-refractivity contribution in [3.8, 4) is 0 Å². The molecular formula is C5H9NO4. The van der Waals surface area contributed by atoms with Gasteiger partial charge in [0.05, 0.1) is 12.6 Å². The van der Waals surface area contributed by atoms with Crippen LogP contribution >= 0.6 is 0 Å². The maximum atomic E-state index is 10.5. The number of hydrogen-bond acceptors (Lipinski definition) is 4. The van der Waals surface area contributed by atoms with Crippen LogP contribution < -0.4 is 5.32 Å². The van der Waals surface area contributed by atoms with Gasteiger partial charge in [-0.1, -0.05) is 0 Å². The summed E-state index contributed by atoms with van der Waals surface area (Å²) in [6.07, 6.45) is -2.57. The zero-order valence-electron chi connectivity index (χ0n) is 5.19. The lowest BCUT2D eigenvalue weighted by Gasteiger charge is -2.10. The summed E-state index contributed by atoms with van der Waals surface area (Å²) in [6, 6.07) is -0.720. The Labute approximate surface area is 57.3 Å². The molecule has 1 aliphatic rings. The van der Waals surface area contributed by atoms with Crippen LogP contribution in [0.4, 0.5) is 0 Å². The van der Waals surface area contributed by atoms with Crippen molar-refractivity contribution in [1.29, 1.82) is 0 Å². The first-order valence-corrected chi connectivity index (χ1v) is 2.94. The van der Waals surface area contributed by atoms with Gasteiger partial charge in [0.2, 0.25) is 0 Å². The van der Waals surface area contributed by atoms with E-state index in [9.17, 15) is 4.79 Å². The number of aliphatic hydroxyl groups excluding tert-OH is 3. The van der Waals surface area contributed by atoms with Crippen LogP contribution in [0.5, 0.6) is 0 Å². The van der Waals surface area contributed by atoms with Gasteiger partial charge in [0, 0.05) is 0 Å². The molecule has 0 bridgehead atoms. The molecule has 0 aromatic heterocycles. The van der Waals surface area contributed by atoms with Crippen molar-refractivity contribution in [1.82, 2.24) is 5.32 Å². The van der Waals surface area contributed by atoms with Crippen LogP contribution in [0.15, 0.2) is 0 Å². The highest BCUT2D eigenvalue weighted by molar-refractivity contribution is 5.84. The van der Waals surface area contributed by atoms with Crippen LogP contribution in [0.3, 0.4) is 0 Å². The first-order chi connectivity index (χ1) is 4.66. The quantitative estimate of drug-likeness (QED) is 0.322. The zero-order valence-corrected chi connectivity index (χ0v) is 5.19. The Morgan fingerprint density at radius 1 is 1.50 bits per heavy atom. The second-order valence-electron chi connectivity index (χ2n) is 2.23. The minimum Gasteiger partial charge on any atom is -0.394 e. The van der Waals surface area contributed by atoms with Crippen LogP contribution in [-0.2, 0) is 4.79 Å². The molecule has 0 aromatic rings. The molecule has 5 heteroatoms. The van der Waals surface area contributed by atoms with Crippen molar-refractivity contribution in [3.05, 3.63) is 0 Å². The van der Waals surface area contributed by atoms with E-state index in [0.29, 0.717) is 0 Å². The molecule has 0 aromatic carbocycles. The summed E-state index contributed by atoms with van der Waals surface area (Å²) in [5, 5.41) is 28.4. The first kappa shape index (κ1) is 7.46. The van der Waals surface area contributed by atoms with Crippen LogP contribution in [0.25, 0.3) is 0 Å². The second-order valence-corrected chi connectivity index (χ2v) is 2.23. The van der Waals surface area contributed by atoms with Crippen molar-refractivity contribution in [2.75, 3.05) is 6.61 Å². The third-order valence-electron chi connectivity index (χ3n) is 1.53. The van der Waals surface area contributed by atoms with Crippen LogP contribution in [0.1, 0.15) is 0 Å². The highest BCUT2D eigenvalue weighted by Crippen LogP contribution is 2.07. The van der Waals surface area contributed by atoms with E-state index in [1.807, 2.05) is 0 Å². The van der Waals surface area contributed by atoms with Crippen molar-refractivity contribution >= 4 is 5.91 Å². The summed E-state index contributed by atoms with van der Waals surface area (Å²) in [6.45, 7) is -0.357. The Kier molecular flexibility index (Phi) is 1.89. The fraction of sp³-hybridized carbons (Fsp3) is 0.800. The van der Waals surface area contributed by atoms with Gasteiger partial charge in [0.1, 0.15) is 6.10 Å². The molecular weight excluding hydrogens is 138 g/mol. The minimum absolute atomic E-state index is 0.357. The Balaban J connectivity index is 2.61. The van der Waals surface area contributed by atoms with E-state index in [2.05, 4.69) is 5.32 Å². The number of hydrogen-bond donors (Lipinski definition) is 4. The number of carbonyl (C=O) groups is 1. The molecule has 3 atom stereocenters. The van der Waals surface area contributed by atoms with Crippen molar-refractivity contribution in [2.45, 2.75) is 18.2 Å². The van der Waals surface area contributed by atoms with Gasteiger partial charge in [-0.2, -0.15) is 0 Å². The molecule has 1 fully saturated rings. The molecule has 0 spiro atoms. The van der Waals surface area contributed by atoms with E-state index in [1.54, 1.807) is 0 Å². The standard InChI is InChI=1S/C5H9NO4/c7-1-2-3(8)4(9)5(10)6-2/h2-4,7-9H,1H2,(H,6,10)/t2-,3+,4-/m0/s1. The van der Waals surface area contributed by atoms with E-state index in [-0.39, 0.29) is 6.61 Å². The fourth-order valence-corrected chi connectivity index (χ4v) is 0.882. The van der Waals surface area contributed by atoms with E-state index < -0.39 is 24.2 Å². The minimum atomic E-state index is -1.39. The van der Waals surface area contributed by atoms with Gasteiger partial charge in [-0.25, -0.2) is 0 Å². The summed E-state index contributed by atoms with van der Waals surface area (Å²) >= 11 is 0. The van der Waals surface area contributed by atoms with Crippen LogP contribution in [0.2, 0.25) is 0 Å². The predicted molar refractivity (Wildman–Crippen MR) is 31.0 cm³/mol. The van der Waals surface area contributed by atoms with Gasteiger partial charge in [-0.05, 0) is 0 Å². The SMILES string of the molecule is O=C1N[C@@H](CO)[C@@H](O)[C@@H]1O. The third-order valence-corrected chi connectivity index (χ3v) is 1.53. The summed E-state index contributed by atoms with van der Waals surface area (Å²) in [5.41, 5.74) is 0. The Morgan fingerprint density at radius 2 is 2.10 bits per heavy atom. The molecule has 0 aliphatic carbocycles. The molecule has 4 N–H and O–H groups in total. The molecule has 0 unspecified atom stereocenters. The van der Waals surface area contributed by atoms with Crippen LogP contribution in [0, 0.1) is 0 Å². The van der Waals surface area contributed by atoms with E-state index in [0.717, 1.165) is 0 Å². The molecule has 58 valence electrons. The molecule has 1 rings (SSSR count). The van der Waals surface area contributed by atoms with Gasteiger partial charge < -0.3 is 20.6 Å². The summed E-state index contributed by atoms with van der Waals surface area (Å²) < 4.78 is 0. The van der Waals surface area contributed by atoms with Gasteiger partial charge >= 0.3 is 0 Å². The molecule has 0 radical (unpaired) electrons. The highest BCUT2D eigenvalue weighted by atomic mass is 16.3. The lowest BCUT2D eigenvalue weighted by molar-refractivity contribution is -0.128. The Morgan fingerprint density at radius 3 is 2.30 bits per heavy atom. The molecule has 1 saturated heterocycles. The van der Waals surface area contributed by atoms with Gasteiger partial charge in [-0.15, -0.1) is 0 Å². The predicted octanol–water partition coefficient (Wildman–Crippen LogP) is -2.80. The third kappa shape index (κ3) is 0.985. The van der Waals surface area contributed by atoms with Crippen molar-refractivity contribution in [3.63, 3.8) is 0 Å². The maximum Gasteiger partial charge on any atom is 0.252 e. The lowest BCUT2D eigenvalue weighted by Crippen LogP contribution is -2.35. The van der Waals surface area contributed by atoms with E-state index in [1.165, 1.54) is 0 Å². The van der Waals surface area contributed by atoms with Crippen molar-refractivity contribution in [2.24, 2.45) is 0 Å². The van der Waals surface area contributed by atoms with Crippen LogP contribution in [-0.4, -0.2) is 46.1 Å². The Hall–Kier alpha value is -0.650. The summed E-state index contributed by atoms with van der Waals surface area (Å²) in [5.74, 6) is -0.633. The average molecular weight is 147 g/mol. The largest absolute Gasteiger partial charge is 0.394 e. The molecule has 1 aliphatic heterocycles. The maximum absolute atomic E-state index is 10.5. The fourth-order valence-electron chi connectivity index (χ4n) is 0.882. The van der Waals surface area contributed by atoms with E-state index in [4.69, 9.17) is 15.3 Å².